The lowest BCUT2D eigenvalue weighted by molar-refractivity contribution is 0.422. The highest BCUT2D eigenvalue weighted by Crippen LogP contribution is 2.27. The minimum atomic E-state index is 0.144. The highest BCUT2D eigenvalue weighted by atomic mass is 32.2. The second kappa shape index (κ2) is 7.15. The van der Waals surface area contributed by atoms with Gasteiger partial charge in [-0.25, -0.2) is 0 Å². The third-order valence-electron chi connectivity index (χ3n) is 3.26. The average Bonchev–Trinajstić information content (AvgIpc) is 2.44. The molecule has 0 aliphatic carbocycles. The number of nitrogens with one attached hydrogen (secondary N) is 1. The van der Waals surface area contributed by atoms with Gasteiger partial charge in [0.2, 0.25) is 0 Å². The topological polar surface area (TPSA) is 12.0 Å². The molecule has 0 aromatic heterocycles. The van der Waals surface area contributed by atoms with Crippen LogP contribution in [0.3, 0.4) is 0 Å². The highest BCUT2D eigenvalue weighted by Gasteiger charge is 2.11. The van der Waals surface area contributed by atoms with Gasteiger partial charge in [0, 0.05) is 22.7 Å². The summed E-state index contributed by atoms with van der Waals surface area (Å²) in [5.74, 6) is 1.02. The molecule has 0 heterocycles. The minimum Gasteiger partial charge on any atom is -0.308 e. The van der Waals surface area contributed by atoms with Crippen LogP contribution in [0.15, 0.2) is 53.4 Å². The maximum absolute atomic E-state index is 3.59. The standard InChI is InChI=1S/C19H25NS/c1-15-10-11-18(17(12-15)13-20-19(2,3)4)21-14-16-8-6-5-7-9-16/h5-12,20H,13-14H2,1-4H3. The van der Waals surface area contributed by atoms with Gasteiger partial charge in [0.05, 0.1) is 0 Å². The van der Waals surface area contributed by atoms with Crippen LogP contribution in [0.5, 0.6) is 0 Å². The van der Waals surface area contributed by atoms with E-state index in [0.29, 0.717) is 0 Å². The molecule has 0 fully saturated rings. The second-order valence-corrected chi connectivity index (χ2v) is 7.51. The molecule has 2 heteroatoms. The lowest BCUT2D eigenvalue weighted by Gasteiger charge is -2.22. The Morgan fingerprint density at radius 3 is 2.38 bits per heavy atom. The van der Waals surface area contributed by atoms with Gasteiger partial charge < -0.3 is 5.32 Å². The largest absolute Gasteiger partial charge is 0.308 e. The predicted molar refractivity (Wildman–Crippen MR) is 93.8 cm³/mol. The fourth-order valence-electron chi connectivity index (χ4n) is 2.08. The van der Waals surface area contributed by atoms with Crippen molar-refractivity contribution in [2.24, 2.45) is 0 Å². The molecule has 0 aliphatic heterocycles. The Morgan fingerprint density at radius 2 is 1.71 bits per heavy atom. The summed E-state index contributed by atoms with van der Waals surface area (Å²) in [5.41, 5.74) is 4.24. The summed E-state index contributed by atoms with van der Waals surface area (Å²) in [6.07, 6.45) is 0. The molecule has 2 aromatic rings. The van der Waals surface area contributed by atoms with Gasteiger partial charge in [0.1, 0.15) is 0 Å². The lowest BCUT2D eigenvalue weighted by Crippen LogP contribution is -2.35. The maximum atomic E-state index is 3.59. The first-order valence-electron chi connectivity index (χ1n) is 7.45. The second-order valence-electron chi connectivity index (χ2n) is 6.49. The zero-order chi connectivity index (χ0) is 15.3. The van der Waals surface area contributed by atoms with Crippen molar-refractivity contribution in [3.63, 3.8) is 0 Å². The predicted octanol–water partition coefficient (Wildman–Crippen LogP) is 5.18. The molecule has 0 radical (unpaired) electrons. The van der Waals surface area contributed by atoms with E-state index in [2.05, 4.69) is 81.5 Å². The van der Waals surface area contributed by atoms with Crippen molar-refractivity contribution in [2.45, 2.75) is 50.4 Å². The van der Waals surface area contributed by atoms with Crippen LogP contribution in [-0.2, 0) is 12.3 Å². The fourth-order valence-corrected chi connectivity index (χ4v) is 3.08. The summed E-state index contributed by atoms with van der Waals surface area (Å²) < 4.78 is 0. The van der Waals surface area contributed by atoms with Crippen LogP contribution in [0.2, 0.25) is 0 Å². The number of hydrogen-bond acceptors (Lipinski definition) is 2. The number of rotatable bonds is 5. The monoisotopic (exact) mass is 299 g/mol. The van der Waals surface area contributed by atoms with Crippen molar-refractivity contribution in [1.29, 1.82) is 0 Å². The average molecular weight is 299 g/mol. The van der Waals surface area contributed by atoms with Crippen LogP contribution in [-0.4, -0.2) is 5.54 Å². The van der Waals surface area contributed by atoms with Crippen LogP contribution in [0.25, 0.3) is 0 Å². The molecule has 21 heavy (non-hydrogen) atoms. The Bertz CT molecular complexity index is 570. The smallest absolute Gasteiger partial charge is 0.0232 e. The Labute approximate surface area is 133 Å². The van der Waals surface area contributed by atoms with Gasteiger partial charge in [-0.2, -0.15) is 0 Å². The van der Waals surface area contributed by atoms with Crippen molar-refractivity contribution in [2.75, 3.05) is 0 Å². The van der Waals surface area contributed by atoms with E-state index in [1.54, 1.807) is 0 Å². The molecule has 1 N–H and O–H groups in total. The molecule has 0 atom stereocenters. The third-order valence-corrected chi connectivity index (χ3v) is 4.45. The summed E-state index contributed by atoms with van der Waals surface area (Å²) in [6, 6.07) is 17.4. The van der Waals surface area contributed by atoms with Gasteiger partial charge in [-0.1, -0.05) is 48.0 Å². The summed E-state index contributed by atoms with van der Waals surface area (Å²) in [6.45, 7) is 9.70. The van der Waals surface area contributed by atoms with Crippen LogP contribution >= 0.6 is 11.8 Å². The van der Waals surface area contributed by atoms with Gasteiger partial charge in [0.15, 0.2) is 0 Å². The van der Waals surface area contributed by atoms with E-state index < -0.39 is 0 Å². The van der Waals surface area contributed by atoms with E-state index in [9.17, 15) is 0 Å². The molecular weight excluding hydrogens is 274 g/mol. The number of aryl methyl sites for hydroxylation is 1. The summed E-state index contributed by atoms with van der Waals surface area (Å²) in [7, 11) is 0. The van der Waals surface area contributed by atoms with Crippen LogP contribution in [0, 0.1) is 6.92 Å². The van der Waals surface area contributed by atoms with Crippen molar-refractivity contribution in [3.05, 3.63) is 65.2 Å². The molecule has 1 nitrogen and oxygen atoms in total. The first-order valence-corrected chi connectivity index (χ1v) is 8.44. The molecule has 2 rings (SSSR count). The third kappa shape index (κ3) is 5.56. The van der Waals surface area contributed by atoms with Gasteiger partial charge in [-0.05, 0) is 44.9 Å². The van der Waals surface area contributed by atoms with Crippen molar-refractivity contribution >= 4 is 11.8 Å². The Hall–Kier alpha value is -1.25. The Balaban J connectivity index is 2.07. The van der Waals surface area contributed by atoms with E-state index in [-0.39, 0.29) is 5.54 Å². The zero-order valence-corrected chi connectivity index (χ0v) is 14.3. The van der Waals surface area contributed by atoms with Gasteiger partial charge in [-0.3, -0.25) is 0 Å². The van der Waals surface area contributed by atoms with Crippen LogP contribution in [0.4, 0.5) is 0 Å². The molecule has 112 valence electrons. The molecule has 0 spiro atoms. The van der Waals surface area contributed by atoms with E-state index in [1.807, 2.05) is 11.8 Å². The first-order chi connectivity index (χ1) is 9.94. The Kier molecular flexibility index (Phi) is 5.49. The quantitative estimate of drug-likeness (QED) is 0.764. The maximum Gasteiger partial charge on any atom is 0.0232 e. The molecule has 2 aromatic carbocycles. The number of benzene rings is 2. The van der Waals surface area contributed by atoms with E-state index in [4.69, 9.17) is 0 Å². The summed E-state index contributed by atoms with van der Waals surface area (Å²) in [4.78, 5) is 1.38. The molecule has 0 amide bonds. The van der Waals surface area contributed by atoms with E-state index >= 15 is 0 Å². The molecule has 0 saturated carbocycles. The van der Waals surface area contributed by atoms with Gasteiger partial charge in [0.25, 0.3) is 0 Å². The number of hydrogen-bond donors (Lipinski definition) is 1. The van der Waals surface area contributed by atoms with E-state index in [1.165, 1.54) is 21.6 Å². The van der Waals surface area contributed by atoms with Crippen molar-refractivity contribution in [3.8, 4) is 0 Å². The van der Waals surface area contributed by atoms with Crippen molar-refractivity contribution in [1.82, 2.24) is 5.32 Å². The first kappa shape index (κ1) is 16.1. The summed E-state index contributed by atoms with van der Waals surface area (Å²) in [5, 5.41) is 3.59. The summed E-state index contributed by atoms with van der Waals surface area (Å²) >= 11 is 1.92. The normalized spacial score (nSPS) is 11.6. The molecular formula is C19H25NS. The van der Waals surface area contributed by atoms with Crippen molar-refractivity contribution < 1.29 is 0 Å². The van der Waals surface area contributed by atoms with Crippen LogP contribution in [0.1, 0.15) is 37.5 Å². The molecule has 0 unspecified atom stereocenters. The van der Waals surface area contributed by atoms with E-state index in [0.717, 1.165) is 12.3 Å². The zero-order valence-electron chi connectivity index (χ0n) is 13.4. The molecule has 0 bridgehead atoms. The highest BCUT2D eigenvalue weighted by molar-refractivity contribution is 7.98. The molecule has 0 saturated heterocycles. The lowest BCUT2D eigenvalue weighted by atomic mass is 10.1. The fraction of sp³-hybridized carbons (Fsp3) is 0.368. The number of thioether (sulfide) groups is 1. The van der Waals surface area contributed by atoms with Gasteiger partial charge >= 0.3 is 0 Å². The SMILES string of the molecule is Cc1ccc(SCc2ccccc2)c(CNC(C)(C)C)c1. The molecule has 0 aliphatic rings. The Morgan fingerprint density at radius 1 is 1.00 bits per heavy atom. The van der Waals surface area contributed by atoms with Gasteiger partial charge in [-0.15, -0.1) is 11.8 Å². The minimum absolute atomic E-state index is 0.144. The van der Waals surface area contributed by atoms with Crippen LogP contribution < -0.4 is 5.32 Å².